The van der Waals surface area contributed by atoms with Gasteiger partial charge in [-0.2, -0.15) is 26.5 Å². The minimum absolute atomic E-state index is 0.0201. The lowest BCUT2D eigenvalue weighted by molar-refractivity contribution is 0.0460. The number of ketones is 1. The lowest BCUT2D eigenvalue weighted by atomic mass is 9.82. The van der Waals surface area contributed by atoms with Crippen LogP contribution < -0.4 is 5.73 Å². The molecule has 206 valence electrons. The van der Waals surface area contributed by atoms with Crippen LogP contribution in [-0.2, 0) is 0 Å². The molecular formula is C29H27N9O2S. The maximum Gasteiger partial charge on any atom is 0.291 e. The number of hydrogen-bond donors (Lipinski definition) is 2. The van der Waals surface area contributed by atoms with E-state index in [2.05, 4.69) is 25.3 Å². The van der Waals surface area contributed by atoms with E-state index >= 15 is 0 Å². The summed E-state index contributed by atoms with van der Waals surface area (Å²) in [6, 6.07) is 13.9. The first-order chi connectivity index (χ1) is 20.0. The molecule has 2 bridgehead atoms. The van der Waals surface area contributed by atoms with E-state index in [0.29, 0.717) is 29.7 Å². The molecule has 2 aliphatic heterocycles. The first-order valence-corrected chi connectivity index (χ1v) is 14.6. The number of H-pyrrole nitrogens is 1. The van der Waals surface area contributed by atoms with E-state index in [1.807, 2.05) is 65.3 Å². The molecular weight excluding hydrogens is 538 g/mol. The predicted octanol–water partition coefficient (Wildman–Crippen LogP) is 3.87. The van der Waals surface area contributed by atoms with Gasteiger partial charge < -0.3 is 10.6 Å². The monoisotopic (exact) mass is 565 g/mol. The van der Waals surface area contributed by atoms with Crippen molar-refractivity contribution in [3.63, 3.8) is 0 Å². The van der Waals surface area contributed by atoms with Gasteiger partial charge in [0.1, 0.15) is 12.1 Å². The van der Waals surface area contributed by atoms with E-state index in [4.69, 9.17) is 10.7 Å². The fourth-order valence-corrected chi connectivity index (χ4v) is 7.40. The van der Waals surface area contributed by atoms with Crippen molar-refractivity contribution in [2.24, 2.45) is 0 Å². The Morgan fingerprint density at radius 1 is 1.00 bits per heavy atom. The quantitative estimate of drug-likeness (QED) is 0.303. The largest absolute Gasteiger partial charge is 0.383 e. The number of anilines is 1. The maximum absolute atomic E-state index is 13.3. The van der Waals surface area contributed by atoms with Crippen LogP contribution in [0.25, 0.3) is 28.0 Å². The summed E-state index contributed by atoms with van der Waals surface area (Å²) < 4.78 is 1.54. The van der Waals surface area contributed by atoms with Crippen molar-refractivity contribution < 1.29 is 9.59 Å². The number of benzene rings is 1. The molecule has 1 amide bonds. The van der Waals surface area contributed by atoms with Crippen molar-refractivity contribution in [1.29, 1.82) is 0 Å². The van der Waals surface area contributed by atoms with Gasteiger partial charge in [-0.05, 0) is 25.8 Å². The fraction of sp³-hybridized carbons (Fsp3) is 0.276. The normalized spacial score (nSPS) is 20.3. The van der Waals surface area contributed by atoms with Gasteiger partial charge in [0.05, 0.1) is 23.1 Å². The van der Waals surface area contributed by atoms with Crippen LogP contribution in [0.1, 0.15) is 52.4 Å². The molecule has 11 nitrogen and oxygen atoms in total. The number of nitrogens with two attached hydrogens (primary N) is 1. The number of nitrogen functional groups attached to an aromatic ring is 1. The molecule has 0 aliphatic carbocycles. The van der Waals surface area contributed by atoms with Crippen LogP contribution in [0.3, 0.4) is 0 Å². The Bertz CT molecular complexity index is 1740. The number of piperidine rings is 1. The molecule has 41 heavy (non-hydrogen) atoms. The zero-order valence-corrected chi connectivity index (χ0v) is 23.1. The number of aromatic nitrogens is 7. The summed E-state index contributed by atoms with van der Waals surface area (Å²) in [4.78, 5) is 42.0. The van der Waals surface area contributed by atoms with Gasteiger partial charge >= 0.3 is 0 Å². The van der Waals surface area contributed by atoms with Crippen molar-refractivity contribution in [1.82, 2.24) is 39.7 Å². The zero-order chi connectivity index (χ0) is 28.1. The Morgan fingerprint density at radius 2 is 1.78 bits per heavy atom. The van der Waals surface area contributed by atoms with Crippen molar-refractivity contribution in [2.75, 3.05) is 17.2 Å². The molecule has 2 saturated heterocycles. The van der Waals surface area contributed by atoms with Gasteiger partial charge in [0, 0.05) is 52.4 Å². The molecule has 0 radical (unpaired) electrons. The van der Waals surface area contributed by atoms with Crippen molar-refractivity contribution >= 4 is 34.9 Å². The highest BCUT2D eigenvalue weighted by atomic mass is 32.2. The average Bonchev–Trinajstić information content (AvgIpc) is 3.67. The van der Waals surface area contributed by atoms with Crippen molar-refractivity contribution in [3.05, 3.63) is 78.3 Å². The molecule has 2 fully saturated rings. The number of fused-ring (bicyclic) bond motifs is 3. The molecule has 2 aliphatic rings. The smallest absolute Gasteiger partial charge is 0.291 e. The average molecular weight is 566 g/mol. The Hall–Kier alpha value is -4.58. The van der Waals surface area contributed by atoms with Gasteiger partial charge in [-0.3, -0.25) is 19.7 Å². The van der Waals surface area contributed by atoms with E-state index in [-0.39, 0.29) is 41.3 Å². The number of carbonyl (C=O) groups excluding carboxylic acids is 2. The third-order valence-electron chi connectivity index (χ3n) is 7.97. The second-order valence-corrected chi connectivity index (χ2v) is 11.5. The number of rotatable bonds is 5. The third kappa shape index (κ3) is 4.34. The molecule has 1 aromatic carbocycles. The first-order valence-electron chi connectivity index (χ1n) is 13.4. The molecule has 0 saturated carbocycles. The van der Waals surface area contributed by atoms with Crippen LogP contribution >= 0.6 is 11.8 Å². The minimum Gasteiger partial charge on any atom is -0.383 e. The Morgan fingerprint density at radius 3 is 2.44 bits per heavy atom. The summed E-state index contributed by atoms with van der Waals surface area (Å²) in [5, 5.41) is 11.1. The summed E-state index contributed by atoms with van der Waals surface area (Å²) in [6.45, 7) is 1.51. The lowest BCUT2D eigenvalue weighted by Crippen LogP contribution is -2.56. The van der Waals surface area contributed by atoms with Crippen LogP contribution in [0.2, 0.25) is 0 Å². The Labute approximate surface area is 239 Å². The summed E-state index contributed by atoms with van der Waals surface area (Å²) in [5.41, 5.74) is 11.8. The number of aromatic amines is 1. The summed E-state index contributed by atoms with van der Waals surface area (Å²) in [5.74, 6) is 1.78. The molecule has 7 rings (SSSR count). The molecule has 2 unspecified atom stereocenters. The van der Waals surface area contributed by atoms with Crippen molar-refractivity contribution in [3.8, 4) is 22.4 Å². The number of nitrogens with zero attached hydrogens (tertiary/aromatic N) is 7. The highest BCUT2D eigenvalue weighted by Crippen LogP contribution is 2.43. The number of nitrogens with one attached hydrogen (secondary N) is 1. The van der Waals surface area contributed by atoms with E-state index in [1.54, 1.807) is 10.7 Å². The van der Waals surface area contributed by atoms with Crippen LogP contribution in [0, 0.1) is 0 Å². The van der Waals surface area contributed by atoms with Gasteiger partial charge in [-0.25, -0.2) is 9.97 Å². The fourth-order valence-electron chi connectivity index (χ4n) is 6.13. The van der Waals surface area contributed by atoms with Crippen LogP contribution in [0.15, 0.2) is 61.2 Å². The second-order valence-electron chi connectivity index (χ2n) is 10.5. The number of hydrogen-bond acceptors (Lipinski definition) is 9. The van der Waals surface area contributed by atoms with E-state index < -0.39 is 0 Å². The second kappa shape index (κ2) is 10.1. The number of amides is 1. The standard InChI is InChI=1S/C29H27N9O2S/c1-16(39)24-25(19-9-20-13-41-14-21(10-19)37(20)29(40)27-32-15-33-36-27)35-28-22(12-34-38(28)26(24)30)18-7-8-23(31-11-18)17-5-3-2-4-6-17/h2-8,11-12,15,19-21H,9-10,13-14,30H2,1H3,(H,32,33,36). The van der Waals surface area contributed by atoms with Gasteiger partial charge in [-0.15, -0.1) is 0 Å². The molecule has 12 heteroatoms. The maximum atomic E-state index is 13.3. The summed E-state index contributed by atoms with van der Waals surface area (Å²) in [6.07, 6.45) is 6.21. The molecule has 4 aromatic heterocycles. The molecule has 6 heterocycles. The molecule has 3 N–H and O–H groups in total. The number of thioether (sulfide) groups is 1. The topological polar surface area (TPSA) is 148 Å². The van der Waals surface area contributed by atoms with Gasteiger partial charge in [-0.1, -0.05) is 36.4 Å². The van der Waals surface area contributed by atoms with Crippen LogP contribution in [-0.4, -0.2) is 74.9 Å². The van der Waals surface area contributed by atoms with Crippen LogP contribution in [0.4, 0.5) is 5.82 Å². The Balaban J connectivity index is 1.27. The first kappa shape index (κ1) is 25.4. The van der Waals surface area contributed by atoms with Gasteiger partial charge in [0.2, 0.25) is 5.82 Å². The van der Waals surface area contributed by atoms with Crippen molar-refractivity contribution in [2.45, 2.75) is 37.8 Å². The van der Waals surface area contributed by atoms with E-state index in [0.717, 1.165) is 33.9 Å². The SMILES string of the molecule is CC(=O)c1c(C2CC3CSCC(C2)N3C(=O)c2ncn[nH]2)nc2c(-c3ccc(-c4ccccc4)nc3)cnn2c1N. The Kier molecular flexibility index (Phi) is 6.26. The van der Waals surface area contributed by atoms with E-state index in [9.17, 15) is 9.59 Å². The van der Waals surface area contributed by atoms with Gasteiger partial charge in [0.15, 0.2) is 11.4 Å². The van der Waals surface area contributed by atoms with Crippen LogP contribution in [0.5, 0.6) is 0 Å². The number of carbonyl (C=O) groups is 2. The predicted molar refractivity (Wildman–Crippen MR) is 155 cm³/mol. The summed E-state index contributed by atoms with van der Waals surface area (Å²) in [7, 11) is 0. The summed E-state index contributed by atoms with van der Waals surface area (Å²) >= 11 is 1.85. The molecule has 5 aromatic rings. The molecule has 2 atom stereocenters. The number of Topliss-reactive ketones (excluding diaryl/α,β-unsaturated/α-hetero) is 1. The third-order valence-corrected chi connectivity index (χ3v) is 9.21. The van der Waals surface area contributed by atoms with E-state index in [1.165, 1.54) is 13.3 Å². The lowest BCUT2D eigenvalue weighted by Gasteiger charge is -2.48. The zero-order valence-electron chi connectivity index (χ0n) is 22.3. The minimum atomic E-state index is -0.155. The van der Waals surface area contributed by atoms with Gasteiger partial charge in [0.25, 0.3) is 5.91 Å². The number of pyridine rings is 1. The molecule has 0 spiro atoms. The highest BCUT2D eigenvalue weighted by Gasteiger charge is 2.44. The highest BCUT2D eigenvalue weighted by molar-refractivity contribution is 7.99.